The van der Waals surface area contributed by atoms with Crippen LogP contribution in [0.5, 0.6) is 0 Å². The first kappa shape index (κ1) is 13.5. The molecule has 0 spiro atoms. The Morgan fingerprint density at radius 3 is 2.74 bits per heavy atom. The highest BCUT2D eigenvalue weighted by molar-refractivity contribution is 7.09. The molecule has 0 radical (unpaired) electrons. The van der Waals surface area contributed by atoms with Gasteiger partial charge in [-0.25, -0.2) is 4.98 Å². The molecule has 0 aromatic carbocycles. The van der Waals surface area contributed by atoms with Gasteiger partial charge >= 0.3 is 0 Å². The summed E-state index contributed by atoms with van der Waals surface area (Å²) in [7, 11) is 0. The zero-order valence-corrected chi connectivity index (χ0v) is 12.9. The number of nitrogens with one attached hydrogen (secondary N) is 1. The monoisotopic (exact) mass is 279 g/mol. The van der Waals surface area contributed by atoms with Gasteiger partial charge in [0.05, 0.1) is 16.7 Å². The van der Waals surface area contributed by atoms with Crippen LogP contribution in [0, 0.1) is 12.8 Å². The van der Waals surface area contributed by atoms with E-state index in [1.807, 2.05) is 0 Å². The van der Waals surface area contributed by atoms with Gasteiger partial charge in [0.25, 0.3) is 0 Å². The molecule has 3 rings (SSSR count). The molecule has 0 amide bonds. The van der Waals surface area contributed by atoms with Crippen LogP contribution in [0.25, 0.3) is 0 Å². The molecule has 2 fully saturated rings. The average Bonchev–Trinajstić information content (AvgIpc) is 3.09. The molecule has 2 atom stereocenters. The standard InChI is InChI=1S/C15H25N3S/c1-11(15-10-19-12(2)17-15)18-8-5-13(6-9-18)14-4-3-7-16-14/h10-11,13-14,16H,3-9H2,1-2H3. The Balaban J connectivity index is 1.54. The first-order valence-electron chi connectivity index (χ1n) is 7.63. The second-order valence-corrected chi connectivity index (χ2v) is 7.11. The Kier molecular flexibility index (Phi) is 4.20. The second-order valence-electron chi connectivity index (χ2n) is 6.04. The molecule has 0 bridgehead atoms. The van der Waals surface area contributed by atoms with Gasteiger partial charge in [-0.3, -0.25) is 4.90 Å². The van der Waals surface area contributed by atoms with Gasteiger partial charge in [-0.1, -0.05) is 0 Å². The molecule has 3 nitrogen and oxygen atoms in total. The predicted molar refractivity (Wildman–Crippen MR) is 80.6 cm³/mol. The van der Waals surface area contributed by atoms with Crippen LogP contribution in [0.3, 0.4) is 0 Å². The van der Waals surface area contributed by atoms with E-state index in [0.29, 0.717) is 6.04 Å². The molecule has 2 aliphatic rings. The maximum Gasteiger partial charge on any atom is 0.0898 e. The Morgan fingerprint density at radius 2 is 2.16 bits per heavy atom. The molecule has 2 aliphatic heterocycles. The number of piperidine rings is 1. The first-order valence-corrected chi connectivity index (χ1v) is 8.51. The van der Waals surface area contributed by atoms with E-state index in [1.54, 1.807) is 11.3 Å². The molecular weight excluding hydrogens is 254 g/mol. The number of aryl methyl sites for hydroxylation is 1. The fourth-order valence-electron chi connectivity index (χ4n) is 3.58. The molecule has 2 saturated heterocycles. The zero-order valence-electron chi connectivity index (χ0n) is 12.1. The molecule has 0 saturated carbocycles. The van der Waals surface area contributed by atoms with E-state index < -0.39 is 0 Å². The highest BCUT2D eigenvalue weighted by Gasteiger charge is 2.30. The Labute approximate surface area is 120 Å². The van der Waals surface area contributed by atoms with E-state index in [-0.39, 0.29) is 0 Å². The maximum atomic E-state index is 4.65. The number of hydrogen-bond donors (Lipinski definition) is 1. The van der Waals surface area contributed by atoms with Crippen molar-refractivity contribution in [3.63, 3.8) is 0 Å². The van der Waals surface area contributed by atoms with Gasteiger partial charge in [-0.2, -0.15) is 0 Å². The molecule has 3 heterocycles. The van der Waals surface area contributed by atoms with Gasteiger partial charge in [0.2, 0.25) is 0 Å². The van der Waals surface area contributed by atoms with Crippen LogP contribution in [0.2, 0.25) is 0 Å². The summed E-state index contributed by atoms with van der Waals surface area (Å²) in [5, 5.41) is 7.09. The van der Waals surface area contributed by atoms with Crippen molar-refractivity contribution in [1.82, 2.24) is 15.2 Å². The molecular formula is C15H25N3S. The molecule has 19 heavy (non-hydrogen) atoms. The van der Waals surface area contributed by atoms with Crippen LogP contribution in [-0.4, -0.2) is 35.6 Å². The van der Waals surface area contributed by atoms with E-state index in [4.69, 9.17) is 0 Å². The summed E-state index contributed by atoms with van der Waals surface area (Å²) in [6.45, 7) is 8.11. The number of thiazole rings is 1. The van der Waals surface area contributed by atoms with Gasteiger partial charge in [-0.05, 0) is 65.1 Å². The Hall–Kier alpha value is -0.450. The first-order chi connectivity index (χ1) is 9.24. The largest absolute Gasteiger partial charge is 0.314 e. The molecule has 1 aromatic heterocycles. The van der Waals surface area contributed by atoms with Crippen molar-refractivity contribution in [3.8, 4) is 0 Å². The summed E-state index contributed by atoms with van der Waals surface area (Å²) >= 11 is 1.77. The minimum absolute atomic E-state index is 0.488. The van der Waals surface area contributed by atoms with Gasteiger partial charge < -0.3 is 5.32 Å². The van der Waals surface area contributed by atoms with Crippen LogP contribution in [0.15, 0.2) is 5.38 Å². The summed E-state index contributed by atoms with van der Waals surface area (Å²) in [5.74, 6) is 0.906. The van der Waals surface area contributed by atoms with Gasteiger partial charge in [-0.15, -0.1) is 11.3 Å². The predicted octanol–water partition coefficient (Wildman–Crippen LogP) is 2.98. The summed E-state index contributed by atoms with van der Waals surface area (Å²) in [5.41, 5.74) is 1.26. The van der Waals surface area contributed by atoms with E-state index in [9.17, 15) is 0 Å². The molecule has 2 unspecified atom stereocenters. The minimum Gasteiger partial charge on any atom is -0.314 e. The van der Waals surface area contributed by atoms with E-state index >= 15 is 0 Å². The van der Waals surface area contributed by atoms with Crippen LogP contribution in [0.4, 0.5) is 0 Å². The van der Waals surface area contributed by atoms with Gasteiger partial charge in [0, 0.05) is 11.4 Å². The third-order valence-electron chi connectivity index (χ3n) is 4.85. The lowest BCUT2D eigenvalue weighted by Crippen LogP contribution is -2.41. The number of hydrogen-bond acceptors (Lipinski definition) is 4. The highest BCUT2D eigenvalue weighted by atomic mass is 32.1. The molecule has 106 valence electrons. The maximum absolute atomic E-state index is 4.65. The van der Waals surface area contributed by atoms with Crippen molar-refractivity contribution in [1.29, 1.82) is 0 Å². The van der Waals surface area contributed by atoms with Crippen LogP contribution in [0.1, 0.15) is 49.4 Å². The zero-order chi connectivity index (χ0) is 13.2. The second kappa shape index (κ2) is 5.90. The van der Waals surface area contributed by atoms with Crippen molar-refractivity contribution in [2.24, 2.45) is 5.92 Å². The summed E-state index contributed by atoms with van der Waals surface area (Å²) in [4.78, 5) is 7.26. The number of rotatable bonds is 3. The van der Waals surface area contributed by atoms with Crippen molar-refractivity contribution in [3.05, 3.63) is 16.1 Å². The Bertz CT molecular complexity index is 403. The Morgan fingerprint density at radius 1 is 1.37 bits per heavy atom. The minimum atomic E-state index is 0.488. The van der Waals surface area contributed by atoms with Crippen molar-refractivity contribution in [2.75, 3.05) is 19.6 Å². The lowest BCUT2D eigenvalue weighted by Gasteiger charge is -2.37. The third kappa shape index (κ3) is 3.01. The fraction of sp³-hybridized carbons (Fsp3) is 0.800. The van der Waals surface area contributed by atoms with Crippen molar-refractivity contribution >= 4 is 11.3 Å². The number of aromatic nitrogens is 1. The van der Waals surface area contributed by atoms with E-state index in [0.717, 1.165) is 12.0 Å². The lowest BCUT2D eigenvalue weighted by molar-refractivity contribution is 0.125. The summed E-state index contributed by atoms with van der Waals surface area (Å²) in [6, 6.07) is 1.29. The number of nitrogens with zero attached hydrogens (tertiary/aromatic N) is 2. The quantitative estimate of drug-likeness (QED) is 0.922. The molecule has 1 N–H and O–H groups in total. The third-order valence-corrected chi connectivity index (χ3v) is 5.65. The van der Waals surface area contributed by atoms with Gasteiger partial charge in [0.15, 0.2) is 0 Å². The number of likely N-dealkylation sites (tertiary alicyclic amines) is 1. The van der Waals surface area contributed by atoms with Gasteiger partial charge in [0.1, 0.15) is 0 Å². The average molecular weight is 279 g/mol. The molecule has 4 heteroatoms. The SMILES string of the molecule is Cc1nc(C(C)N2CCC(C3CCCN3)CC2)cs1. The normalized spacial score (nSPS) is 27.8. The summed E-state index contributed by atoms with van der Waals surface area (Å²) < 4.78 is 0. The van der Waals surface area contributed by atoms with Crippen molar-refractivity contribution in [2.45, 2.75) is 51.6 Å². The van der Waals surface area contributed by atoms with E-state index in [2.05, 4.69) is 34.4 Å². The fourth-order valence-corrected chi connectivity index (χ4v) is 4.28. The smallest absolute Gasteiger partial charge is 0.0898 e. The topological polar surface area (TPSA) is 28.2 Å². The van der Waals surface area contributed by atoms with Crippen LogP contribution < -0.4 is 5.32 Å². The highest BCUT2D eigenvalue weighted by Crippen LogP contribution is 2.30. The van der Waals surface area contributed by atoms with E-state index in [1.165, 1.54) is 56.0 Å². The lowest BCUT2D eigenvalue weighted by atomic mass is 9.88. The van der Waals surface area contributed by atoms with Crippen LogP contribution >= 0.6 is 11.3 Å². The molecule has 0 aliphatic carbocycles. The molecule has 1 aromatic rings. The van der Waals surface area contributed by atoms with Crippen LogP contribution in [-0.2, 0) is 0 Å². The summed E-state index contributed by atoms with van der Waals surface area (Å²) in [6.07, 6.45) is 5.47. The van der Waals surface area contributed by atoms with Crippen molar-refractivity contribution < 1.29 is 0 Å².